The molecule has 0 aliphatic carbocycles. The number of allylic oxidation sites excluding steroid dienone is 3. The molecule has 3 amide bonds. The summed E-state index contributed by atoms with van der Waals surface area (Å²) in [5, 5.41) is 10.6. The van der Waals surface area contributed by atoms with Gasteiger partial charge in [-0.25, -0.2) is 14.4 Å². The van der Waals surface area contributed by atoms with Gasteiger partial charge < -0.3 is 38.6 Å². The molecule has 3 saturated heterocycles. The number of amides is 3. The summed E-state index contributed by atoms with van der Waals surface area (Å²) >= 11 is 6.81. The van der Waals surface area contributed by atoms with Crippen LogP contribution in [0.25, 0.3) is 0 Å². The van der Waals surface area contributed by atoms with Gasteiger partial charge in [0.2, 0.25) is 17.5 Å². The maximum Gasteiger partial charge on any atom is 0.437 e. The van der Waals surface area contributed by atoms with E-state index in [-0.39, 0.29) is 47.1 Å². The van der Waals surface area contributed by atoms with Crippen LogP contribution in [-0.4, -0.2) is 126 Å². The first-order valence-corrected chi connectivity index (χ1v) is 22.8. The van der Waals surface area contributed by atoms with Gasteiger partial charge in [0.15, 0.2) is 0 Å². The van der Waals surface area contributed by atoms with Crippen molar-refractivity contribution in [2.24, 2.45) is 5.92 Å². The van der Waals surface area contributed by atoms with E-state index in [0.717, 1.165) is 11.1 Å². The van der Waals surface area contributed by atoms with Gasteiger partial charge in [-0.1, -0.05) is 77.8 Å². The first kappa shape index (κ1) is 47.6. The number of methoxy groups -OCH3 is 2. The second-order valence-electron chi connectivity index (χ2n) is 16.3. The summed E-state index contributed by atoms with van der Waals surface area (Å²) in [6, 6.07) is 2.63. The van der Waals surface area contributed by atoms with Crippen molar-refractivity contribution >= 4 is 68.7 Å². The normalized spacial score (nSPS) is 30.6. The van der Waals surface area contributed by atoms with E-state index in [1.54, 1.807) is 49.6 Å². The number of carbonyl (C=O) groups is 5. The zero-order chi connectivity index (χ0) is 44.3. The quantitative estimate of drug-likeness (QED) is 0.115. The molecule has 15 nitrogen and oxygen atoms in total. The van der Waals surface area contributed by atoms with E-state index in [2.05, 4.69) is 0 Å². The highest BCUT2D eigenvalue weighted by molar-refractivity contribution is 8.77. The number of likely N-dealkylation sites (N-methyl/N-ethyl adjacent to an activating group) is 1. The fraction of sp³-hybridized carbons (Fsp3) is 0.643. The van der Waals surface area contributed by atoms with E-state index in [4.69, 9.17) is 45.2 Å². The van der Waals surface area contributed by atoms with E-state index in [0.29, 0.717) is 30.7 Å². The Labute approximate surface area is 365 Å². The summed E-state index contributed by atoms with van der Waals surface area (Å²) in [6.07, 6.45) is 3.78. The molecular formula is C42H58ClN3O12S2. The Morgan fingerprint density at radius 2 is 1.77 bits per heavy atom. The number of carboxylic acid groups (broad SMARTS) is 1. The number of hydrogen-bond donors (Lipinski definition) is 1. The molecule has 3 fully saturated rings. The number of aliphatic carboxylic acids is 1. The summed E-state index contributed by atoms with van der Waals surface area (Å²) in [5.41, 5.74) is -0.0743. The molecule has 0 radical (unpaired) electrons. The standard InChI is InChI=1S/C42H58ClN3O12S2/c1-23-12-11-13-32(54-10)42-22-31(55-40(52)46(42)58-42)26(4)38-41(6,57-38)33(21-35(48)45(8)29-19-28(18-23)20-30(53-9)37(29)43)56-39(51)27(5)44(7)34(47)16-14-24(2)59-60-25(3)15-17-36(49)50/h11-13,19-20,24-27,31-33,38H,14-18,21-22H2,1-10H3,(H,49,50)/b13-11+,23-12+/t24?,25?,26-,27+,31+,32-,33+,38+,41+,42+,46?/m1/s1. The molecule has 1 aromatic carbocycles. The molecule has 332 valence electrons. The smallest absolute Gasteiger partial charge is 0.437 e. The molecular weight excluding hydrogens is 838 g/mol. The van der Waals surface area contributed by atoms with E-state index in [1.807, 2.05) is 58.1 Å². The van der Waals surface area contributed by atoms with Crippen molar-refractivity contribution in [2.75, 3.05) is 33.2 Å². The number of ether oxygens (including phenoxy) is 5. The van der Waals surface area contributed by atoms with E-state index < -0.39 is 71.6 Å². The molecule has 4 aliphatic heterocycles. The monoisotopic (exact) mass is 895 g/mol. The fourth-order valence-corrected chi connectivity index (χ4v) is 10.5. The first-order valence-electron chi connectivity index (χ1n) is 20.1. The lowest BCUT2D eigenvalue weighted by Gasteiger charge is -2.32. The number of hydroxylamine groups is 2. The van der Waals surface area contributed by atoms with E-state index >= 15 is 0 Å². The molecule has 0 aromatic heterocycles. The minimum absolute atomic E-state index is 0.102. The lowest BCUT2D eigenvalue weighted by molar-refractivity contribution is -0.162. The van der Waals surface area contributed by atoms with Gasteiger partial charge in [0.05, 0.1) is 25.3 Å². The molecule has 60 heavy (non-hydrogen) atoms. The Kier molecular flexibility index (Phi) is 15.6. The van der Waals surface area contributed by atoms with Crippen LogP contribution < -0.4 is 9.64 Å². The van der Waals surface area contributed by atoms with Crippen LogP contribution in [-0.2, 0) is 49.4 Å². The zero-order valence-corrected chi connectivity index (χ0v) is 38.3. The zero-order valence-electron chi connectivity index (χ0n) is 35.9. The van der Waals surface area contributed by atoms with Gasteiger partial charge in [-0.2, -0.15) is 0 Å². The summed E-state index contributed by atoms with van der Waals surface area (Å²) in [4.78, 5) is 74.3. The van der Waals surface area contributed by atoms with Gasteiger partial charge in [0.25, 0.3) is 0 Å². The van der Waals surface area contributed by atoms with Gasteiger partial charge >= 0.3 is 18.0 Å². The highest BCUT2D eigenvalue weighted by Crippen LogP contribution is 2.53. The van der Waals surface area contributed by atoms with E-state index in [1.165, 1.54) is 29.0 Å². The number of halogens is 1. The average Bonchev–Trinajstić information content (AvgIpc) is 4.13. The number of esters is 1. The second-order valence-corrected chi connectivity index (χ2v) is 19.9. The van der Waals surface area contributed by atoms with Gasteiger partial charge in [0, 0.05) is 56.9 Å². The predicted molar refractivity (Wildman–Crippen MR) is 229 cm³/mol. The van der Waals surface area contributed by atoms with Gasteiger partial charge in [-0.05, 0) is 57.7 Å². The number of benzene rings is 1. The lowest BCUT2D eigenvalue weighted by atomic mass is 9.84. The van der Waals surface area contributed by atoms with Crippen LogP contribution in [0, 0.1) is 5.92 Å². The number of epoxide rings is 1. The Morgan fingerprint density at radius 3 is 2.40 bits per heavy atom. The van der Waals surface area contributed by atoms with Crippen LogP contribution in [0.2, 0.25) is 5.02 Å². The number of anilines is 1. The maximum atomic E-state index is 14.3. The number of hydrogen-bond acceptors (Lipinski definition) is 13. The largest absolute Gasteiger partial charge is 0.495 e. The molecule has 18 heteroatoms. The Bertz CT molecular complexity index is 1870. The lowest BCUT2D eigenvalue weighted by Crippen LogP contribution is -2.49. The molecule has 4 heterocycles. The Hall–Kier alpha value is -3.48. The SMILES string of the molecule is COc1cc2cc(c1Cl)N(C)C(=O)C[C@H](OC(=O)[C@H](C)N(C)C(=O)CCC(C)SSC(C)CCC(=O)O)[C@]1(C)O[C@H]1[C@H](C)[C@@H]1C[C@]3(ON3C(=O)O1)[C@H](OC)/C=C/C=C(\C)C2. The average molecular weight is 897 g/mol. The van der Waals surface area contributed by atoms with Crippen molar-refractivity contribution in [3.63, 3.8) is 0 Å². The third-order valence-electron chi connectivity index (χ3n) is 11.8. The van der Waals surface area contributed by atoms with Crippen molar-refractivity contribution in [3.05, 3.63) is 46.5 Å². The number of rotatable bonds is 14. The van der Waals surface area contributed by atoms with Crippen molar-refractivity contribution in [2.45, 2.75) is 139 Å². The molecule has 10 atom stereocenters. The highest BCUT2D eigenvalue weighted by Gasteiger charge is 2.71. The molecule has 1 aromatic rings. The summed E-state index contributed by atoms with van der Waals surface area (Å²) in [6.45, 7) is 11.1. The second kappa shape index (κ2) is 19.7. The third-order valence-corrected chi connectivity index (χ3v) is 15.7. The molecule has 4 bridgehead atoms. The third kappa shape index (κ3) is 10.8. The number of carboxylic acids is 1. The topological polar surface area (TPSA) is 177 Å². The van der Waals surface area contributed by atoms with Crippen LogP contribution >= 0.6 is 33.2 Å². The van der Waals surface area contributed by atoms with Gasteiger partial charge in [-0.3, -0.25) is 14.4 Å². The van der Waals surface area contributed by atoms with Crippen LogP contribution in [0.15, 0.2) is 35.9 Å². The minimum atomic E-state index is -1.19. The van der Waals surface area contributed by atoms with Crippen LogP contribution in [0.3, 0.4) is 0 Å². The number of nitrogens with zero attached hydrogens (tertiary/aromatic N) is 3. The van der Waals surface area contributed by atoms with Gasteiger partial charge in [0.1, 0.15) is 40.7 Å². The molecule has 5 rings (SSSR count). The summed E-state index contributed by atoms with van der Waals surface area (Å²) in [5.74, 6) is -2.27. The van der Waals surface area contributed by atoms with Crippen molar-refractivity contribution in [3.8, 4) is 5.75 Å². The van der Waals surface area contributed by atoms with Crippen LogP contribution in [0.1, 0.15) is 85.6 Å². The van der Waals surface area contributed by atoms with Crippen molar-refractivity contribution in [1.82, 2.24) is 9.96 Å². The Balaban J connectivity index is 1.38. The molecule has 2 unspecified atom stereocenters. The maximum absolute atomic E-state index is 14.3. The first-order chi connectivity index (χ1) is 28.3. The van der Waals surface area contributed by atoms with Crippen LogP contribution in [0.4, 0.5) is 10.5 Å². The summed E-state index contributed by atoms with van der Waals surface area (Å²) < 4.78 is 29.8. The fourth-order valence-electron chi connectivity index (χ4n) is 7.62. The number of fused-ring (bicyclic) bond motifs is 4. The van der Waals surface area contributed by atoms with E-state index in [9.17, 15) is 24.0 Å². The molecule has 1 spiro atoms. The van der Waals surface area contributed by atoms with Crippen molar-refractivity contribution < 1.29 is 57.6 Å². The van der Waals surface area contributed by atoms with Crippen LogP contribution in [0.5, 0.6) is 5.75 Å². The minimum Gasteiger partial charge on any atom is -0.495 e. The van der Waals surface area contributed by atoms with Crippen molar-refractivity contribution in [1.29, 1.82) is 0 Å². The van der Waals surface area contributed by atoms with Gasteiger partial charge in [-0.15, -0.1) is 5.06 Å². The molecule has 1 N–H and O–H groups in total. The molecule has 4 aliphatic rings. The molecule has 0 saturated carbocycles. The number of carbonyl (C=O) groups excluding carboxylic acids is 4. The summed E-state index contributed by atoms with van der Waals surface area (Å²) in [7, 11) is 9.38. The highest BCUT2D eigenvalue weighted by atomic mass is 35.5. The predicted octanol–water partition coefficient (Wildman–Crippen LogP) is 6.98. The Morgan fingerprint density at radius 1 is 1.10 bits per heavy atom.